The Hall–Kier alpha value is -3.17. The minimum atomic E-state index is -0.619. The molecule has 1 saturated heterocycles. The van der Waals surface area contributed by atoms with E-state index >= 15 is 4.39 Å². The molecule has 4 rings (SSSR count). The molecule has 1 aliphatic heterocycles. The number of nitrogen functional groups attached to an aromatic ring is 1. The van der Waals surface area contributed by atoms with Crippen LogP contribution in [-0.4, -0.2) is 47.6 Å². The number of nitrogens with one attached hydrogen (secondary N) is 1. The number of aromatic nitrogens is 1. The van der Waals surface area contributed by atoms with Gasteiger partial charge in [0.25, 0.3) is 5.56 Å². The Balaban J connectivity index is 1.73. The van der Waals surface area contributed by atoms with Gasteiger partial charge in [0, 0.05) is 24.5 Å². The fraction of sp³-hybridized carbons (Fsp3) is 0.545. The lowest BCUT2D eigenvalue weighted by Gasteiger charge is -2.25. The SMILES string of the molecule is COc1c(N2CCC(NC(=O)OC(C)(C)C)C2)c(F)cc2c(O)c(N)c(=O)n(C3CC3)c12. The van der Waals surface area contributed by atoms with Crippen molar-refractivity contribution in [2.24, 2.45) is 0 Å². The summed E-state index contributed by atoms with van der Waals surface area (Å²) in [7, 11) is 1.40. The van der Waals surface area contributed by atoms with Crippen molar-refractivity contribution in [2.75, 3.05) is 30.8 Å². The Morgan fingerprint density at radius 1 is 1.31 bits per heavy atom. The van der Waals surface area contributed by atoms with E-state index in [1.165, 1.54) is 17.7 Å². The predicted octanol–water partition coefficient (Wildman–Crippen LogP) is 2.88. The molecule has 9 nitrogen and oxygen atoms in total. The van der Waals surface area contributed by atoms with Gasteiger partial charge in [-0.2, -0.15) is 0 Å². The van der Waals surface area contributed by atoms with E-state index in [9.17, 15) is 14.7 Å². The summed E-state index contributed by atoms with van der Waals surface area (Å²) in [5, 5.41) is 13.4. The maximum absolute atomic E-state index is 15.3. The van der Waals surface area contributed by atoms with Crippen LogP contribution in [0.15, 0.2) is 10.9 Å². The van der Waals surface area contributed by atoms with Gasteiger partial charge in [0.05, 0.1) is 13.2 Å². The Morgan fingerprint density at radius 3 is 2.59 bits per heavy atom. The fourth-order valence-electron chi connectivity index (χ4n) is 4.23. The molecule has 2 fully saturated rings. The zero-order chi connectivity index (χ0) is 23.4. The Labute approximate surface area is 184 Å². The number of aromatic hydroxyl groups is 1. The van der Waals surface area contributed by atoms with Crippen LogP contribution in [0.1, 0.15) is 46.1 Å². The standard InChI is InChI=1S/C22H29FN4O5/c1-22(2,3)32-21(30)25-11-7-8-26(10-11)17-14(23)9-13-16(19(17)31-4)27(12-5-6-12)20(29)15(24)18(13)28/h9,11-12,28H,5-8,10,24H2,1-4H3,(H,25,30). The van der Waals surface area contributed by atoms with Crippen molar-refractivity contribution in [1.82, 2.24) is 9.88 Å². The van der Waals surface area contributed by atoms with Crippen molar-refractivity contribution in [2.45, 2.75) is 57.7 Å². The lowest BCUT2D eigenvalue weighted by molar-refractivity contribution is 0.0509. The monoisotopic (exact) mass is 448 g/mol. The average Bonchev–Trinajstić information content (AvgIpc) is 3.43. The number of rotatable bonds is 4. The molecule has 1 unspecified atom stereocenters. The number of carbonyl (C=O) groups is 1. The van der Waals surface area contributed by atoms with E-state index < -0.39 is 28.8 Å². The van der Waals surface area contributed by atoms with Crippen molar-refractivity contribution < 1.29 is 23.8 Å². The number of alkyl carbamates (subject to hydrolysis) is 1. The highest BCUT2D eigenvalue weighted by Gasteiger charge is 2.35. The molecule has 4 N–H and O–H groups in total. The molecule has 1 aliphatic carbocycles. The molecular formula is C22H29FN4O5. The topological polar surface area (TPSA) is 119 Å². The van der Waals surface area contributed by atoms with Gasteiger partial charge in [-0.15, -0.1) is 0 Å². The number of ether oxygens (including phenoxy) is 2. The van der Waals surface area contributed by atoms with Crippen LogP contribution in [-0.2, 0) is 4.74 Å². The van der Waals surface area contributed by atoms with Gasteiger partial charge in [-0.25, -0.2) is 9.18 Å². The minimum Gasteiger partial charge on any atom is -0.505 e. The second-order valence-corrected chi connectivity index (χ2v) is 9.38. The molecule has 2 aromatic rings. The average molecular weight is 448 g/mol. The molecule has 10 heteroatoms. The first-order valence-electron chi connectivity index (χ1n) is 10.7. The number of benzene rings is 1. The van der Waals surface area contributed by atoms with E-state index in [0.717, 1.165) is 12.8 Å². The summed E-state index contributed by atoms with van der Waals surface area (Å²) in [4.78, 5) is 26.7. The quantitative estimate of drug-likeness (QED) is 0.658. The third kappa shape index (κ3) is 3.89. The van der Waals surface area contributed by atoms with E-state index in [2.05, 4.69) is 5.32 Å². The Morgan fingerprint density at radius 2 is 2.00 bits per heavy atom. The molecular weight excluding hydrogens is 419 g/mol. The van der Waals surface area contributed by atoms with Gasteiger partial charge in [-0.05, 0) is 46.1 Å². The lowest BCUT2D eigenvalue weighted by Crippen LogP contribution is -2.40. The molecule has 2 heterocycles. The van der Waals surface area contributed by atoms with Crippen molar-refractivity contribution in [1.29, 1.82) is 0 Å². The Kier molecular flexibility index (Phi) is 5.34. The summed E-state index contributed by atoms with van der Waals surface area (Å²) >= 11 is 0. The van der Waals surface area contributed by atoms with Crippen LogP contribution in [0.5, 0.6) is 11.5 Å². The van der Waals surface area contributed by atoms with Crippen molar-refractivity contribution >= 4 is 28.4 Å². The number of anilines is 2. The van der Waals surface area contributed by atoms with Crippen LogP contribution in [0.2, 0.25) is 0 Å². The summed E-state index contributed by atoms with van der Waals surface area (Å²) < 4.78 is 27.7. The molecule has 1 aromatic heterocycles. The van der Waals surface area contributed by atoms with Crippen LogP contribution in [0, 0.1) is 5.82 Å². The first-order valence-corrected chi connectivity index (χ1v) is 10.7. The minimum absolute atomic E-state index is 0.0692. The van der Waals surface area contributed by atoms with Crippen LogP contribution in [0.3, 0.4) is 0 Å². The van der Waals surface area contributed by atoms with E-state index in [1.807, 2.05) is 0 Å². The van der Waals surface area contributed by atoms with Crippen molar-refractivity contribution in [3.05, 3.63) is 22.2 Å². The number of fused-ring (bicyclic) bond motifs is 1. The van der Waals surface area contributed by atoms with Gasteiger partial charge in [-0.1, -0.05) is 0 Å². The lowest BCUT2D eigenvalue weighted by atomic mass is 10.1. The number of carbonyl (C=O) groups excluding carboxylic acids is 1. The van der Waals surface area contributed by atoms with E-state index in [1.54, 1.807) is 25.7 Å². The van der Waals surface area contributed by atoms with Crippen LogP contribution in [0.4, 0.5) is 20.6 Å². The smallest absolute Gasteiger partial charge is 0.407 e. The number of methoxy groups -OCH3 is 1. The number of nitrogens with zero attached hydrogens (tertiary/aromatic N) is 2. The van der Waals surface area contributed by atoms with Gasteiger partial charge >= 0.3 is 6.09 Å². The molecule has 0 spiro atoms. The van der Waals surface area contributed by atoms with E-state index in [0.29, 0.717) is 25.0 Å². The van der Waals surface area contributed by atoms with Gasteiger partial charge in [0.15, 0.2) is 17.3 Å². The summed E-state index contributed by atoms with van der Waals surface area (Å²) in [5.74, 6) is -0.892. The Bertz CT molecular complexity index is 1140. The maximum Gasteiger partial charge on any atom is 0.407 e. The summed E-state index contributed by atoms with van der Waals surface area (Å²) in [5.41, 5.74) is 4.89. The summed E-state index contributed by atoms with van der Waals surface area (Å²) in [6.45, 7) is 6.15. The molecule has 1 atom stereocenters. The maximum atomic E-state index is 15.3. The highest BCUT2D eigenvalue weighted by molar-refractivity contribution is 5.98. The molecule has 2 aliphatic rings. The molecule has 1 amide bonds. The third-order valence-electron chi connectivity index (χ3n) is 5.72. The number of amides is 1. The van der Waals surface area contributed by atoms with Gasteiger partial charge < -0.3 is 30.5 Å². The van der Waals surface area contributed by atoms with Crippen molar-refractivity contribution in [3.63, 3.8) is 0 Å². The number of halogens is 1. The van der Waals surface area contributed by atoms with E-state index in [4.69, 9.17) is 15.2 Å². The molecule has 0 bridgehead atoms. The highest BCUT2D eigenvalue weighted by atomic mass is 19.1. The highest BCUT2D eigenvalue weighted by Crippen LogP contribution is 2.46. The largest absolute Gasteiger partial charge is 0.505 e. The summed E-state index contributed by atoms with van der Waals surface area (Å²) in [6, 6.07) is 0.876. The second-order valence-electron chi connectivity index (χ2n) is 9.38. The molecule has 1 aromatic carbocycles. The third-order valence-corrected chi connectivity index (χ3v) is 5.72. The molecule has 174 valence electrons. The first kappa shape index (κ1) is 22.0. The zero-order valence-corrected chi connectivity index (χ0v) is 18.7. The normalized spacial score (nSPS) is 18.8. The predicted molar refractivity (Wildman–Crippen MR) is 119 cm³/mol. The van der Waals surface area contributed by atoms with E-state index in [-0.39, 0.29) is 34.6 Å². The van der Waals surface area contributed by atoms with Gasteiger partial charge in [0.1, 0.15) is 22.5 Å². The number of pyridine rings is 1. The van der Waals surface area contributed by atoms with Gasteiger partial charge in [0.2, 0.25) is 0 Å². The number of nitrogens with two attached hydrogens (primary N) is 1. The molecule has 32 heavy (non-hydrogen) atoms. The van der Waals surface area contributed by atoms with Gasteiger partial charge in [-0.3, -0.25) is 9.36 Å². The number of hydrogen-bond donors (Lipinski definition) is 3. The number of hydrogen-bond acceptors (Lipinski definition) is 7. The summed E-state index contributed by atoms with van der Waals surface area (Å²) in [6.07, 6.45) is 1.64. The van der Waals surface area contributed by atoms with Crippen LogP contribution < -0.4 is 26.2 Å². The molecule has 1 saturated carbocycles. The first-order chi connectivity index (χ1) is 15.0. The van der Waals surface area contributed by atoms with Crippen LogP contribution in [0.25, 0.3) is 10.9 Å². The zero-order valence-electron chi connectivity index (χ0n) is 18.7. The fourth-order valence-corrected chi connectivity index (χ4v) is 4.23. The molecule has 0 radical (unpaired) electrons. The van der Waals surface area contributed by atoms with Crippen molar-refractivity contribution in [3.8, 4) is 11.5 Å². The van der Waals surface area contributed by atoms with Crippen LogP contribution >= 0.6 is 0 Å². The second kappa shape index (κ2) is 7.75.